The molecule has 4 rings (SSSR count). The number of hydrogen-bond acceptors (Lipinski definition) is 3. The van der Waals surface area contributed by atoms with Crippen LogP contribution in [0.25, 0.3) is 11.3 Å². The molecule has 0 atom stereocenters. The lowest BCUT2D eigenvalue weighted by Crippen LogP contribution is -2.31. The minimum atomic E-state index is -1.93. The van der Waals surface area contributed by atoms with Crippen LogP contribution >= 0.6 is 0 Å². The molecule has 0 saturated carbocycles. The van der Waals surface area contributed by atoms with E-state index in [9.17, 15) is 22.4 Å². The molecule has 32 heavy (non-hydrogen) atoms. The maximum Gasteiger partial charge on any atom is 0.232 e. The molecule has 8 heteroatoms. The molecule has 0 unspecified atom stereocenters. The number of benzene rings is 2. The van der Waals surface area contributed by atoms with Crippen LogP contribution in [0.2, 0.25) is 0 Å². The van der Waals surface area contributed by atoms with E-state index in [0.29, 0.717) is 24.4 Å². The van der Waals surface area contributed by atoms with Gasteiger partial charge < -0.3 is 0 Å². The van der Waals surface area contributed by atoms with E-state index in [-0.39, 0.29) is 0 Å². The molecule has 2 aromatic carbocycles. The van der Waals surface area contributed by atoms with Crippen molar-refractivity contribution in [3.63, 3.8) is 0 Å². The second-order valence-electron chi connectivity index (χ2n) is 7.79. The lowest BCUT2D eigenvalue weighted by Gasteiger charge is -2.24. The predicted octanol–water partition coefficient (Wildman–Crippen LogP) is 4.87. The van der Waals surface area contributed by atoms with Gasteiger partial charge in [0.25, 0.3) is 0 Å². The summed E-state index contributed by atoms with van der Waals surface area (Å²) in [6, 6.07) is 7.94. The number of amides is 1. The Morgan fingerprint density at radius 3 is 2.41 bits per heavy atom. The van der Waals surface area contributed by atoms with Crippen LogP contribution in [0.4, 0.5) is 23.4 Å². The van der Waals surface area contributed by atoms with Crippen molar-refractivity contribution in [3.05, 3.63) is 75.6 Å². The minimum Gasteiger partial charge on any atom is -0.298 e. The van der Waals surface area contributed by atoms with Crippen LogP contribution in [0.3, 0.4) is 0 Å². The first-order valence-electron chi connectivity index (χ1n) is 10.3. The first-order chi connectivity index (χ1) is 15.2. The van der Waals surface area contributed by atoms with Gasteiger partial charge in [0, 0.05) is 18.2 Å². The Bertz CT molecular complexity index is 1210. The van der Waals surface area contributed by atoms with Gasteiger partial charge in [-0.15, -0.1) is 0 Å². The summed E-state index contributed by atoms with van der Waals surface area (Å²) in [6.07, 6.45) is 1.29. The van der Waals surface area contributed by atoms with Crippen LogP contribution in [0, 0.1) is 30.2 Å². The molecule has 1 aromatic heterocycles. The molecule has 1 heterocycles. The van der Waals surface area contributed by atoms with Crippen LogP contribution in [0.1, 0.15) is 35.0 Å². The number of aryl methyl sites for hydroxylation is 3. The van der Waals surface area contributed by atoms with E-state index in [2.05, 4.69) is 4.98 Å². The van der Waals surface area contributed by atoms with Gasteiger partial charge in [0.15, 0.2) is 29.1 Å². The van der Waals surface area contributed by atoms with Crippen molar-refractivity contribution >= 4 is 11.7 Å². The number of halogens is 4. The average Bonchev–Trinajstić information content (AvgIpc) is 2.82. The largest absolute Gasteiger partial charge is 0.298 e. The highest BCUT2D eigenvalue weighted by Gasteiger charge is 2.28. The lowest BCUT2D eigenvalue weighted by molar-refractivity contribution is -0.117. The summed E-state index contributed by atoms with van der Waals surface area (Å²) >= 11 is 0. The first-order valence-corrected chi connectivity index (χ1v) is 10.3. The van der Waals surface area contributed by atoms with Gasteiger partial charge in [0.2, 0.25) is 5.91 Å². The van der Waals surface area contributed by atoms with Crippen molar-refractivity contribution in [1.82, 2.24) is 9.97 Å². The molecule has 4 nitrogen and oxygen atoms in total. The number of hydrogen-bond donors (Lipinski definition) is 0. The van der Waals surface area contributed by atoms with Crippen LogP contribution in [0.5, 0.6) is 0 Å². The summed E-state index contributed by atoms with van der Waals surface area (Å²) in [5.74, 6) is -7.21. The predicted molar refractivity (Wildman–Crippen MR) is 112 cm³/mol. The Labute approximate surface area is 182 Å². The highest BCUT2D eigenvalue weighted by atomic mass is 19.2. The van der Waals surface area contributed by atoms with Gasteiger partial charge in [0.05, 0.1) is 23.5 Å². The van der Waals surface area contributed by atoms with E-state index >= 15 is 0 Å². The molecule has 0 aliphatic heterocycles. The highest BCUT2D eigenvalue weighted by molar-refractivity contribution is 5.94. The Morgan fingerprint density at radius 1 is 1.00 bits per heavy atom. The molecule has 1 aliphatic carbocycles. The van der Waals surface area contributed by atoms with Crippen LogP contribution < -0.4 is 4.90 Å². The fourth-order valence-electron chi connectivity index (χ4n) is 4.00. The summed E-state index contributed by atoms with van der Waals surface area (Å²) in [5, 5.41) is 0. The number of aromatic nitrogens is 2. The molecule has 1 aliphatic rings. The summed E-state index contributed by atoms with van der Waals surface area (Å²) < 4.78 is 55.3. The van der Waals surface area contributed by atoms with Gasteiger partial charge in [-0.05, 0) is 37.3 Å². The topological polar surface area (TPSA) is 46.1 Å². The van der Waals surface area contributed by atoms with Crippen molar-refractivity contribution < 1.29 is 22.4 Å². The Hall–Kier alpha value is -3.29. The maximum atomic E-state index is 14.3. The quantitative estimate of drug-likeness (QED) is 0.328. The molecule has 1 amide bonds. The molecular formula is C24H21F4N3O. The Morgan fingerprint density at radius 2 is 1.69 bits per heavy atom. The normalized spacial score (nSPS) is 12.3. The molecule has 0 spiro atoms. The standard InChI is InChI=1S/C24H21F4N3O/c1-4-16-24(30-17-10-9-13-7-5-6-8-14(13)23(17)29-16)31(3)18(32)11-15-12(2)19(25)21(27)22(28)20(15)26/h5-8H,4,9-11H2,1-3H3. The summed E-state index contributed by atoms with van der Waals surface area (Å²) in [6.45, 7) is 2.98. The number of likely N-dealkylation sites (N-methyl/N-ethyl adjacent to an activating group) is 1. The van der Waals surface area contributed by atoms with E-state index in [1.165, 1.54) is 17.5 Å². The molecule has 0 radical (unpaired) electrons. The number of nitrogens with zero attached hydrogens (tertiary/aromatic N) is 3. The van der Waals surface area contributed by atoms with Crippen molar-refractivity contribution in [3.8, 4) is 11.3 Å². The molecule has 0 bridgehead atoms. The van der Waals surface area contributed by atoms with Gasteiger partial charge in [0.1, 0.15) is 0 Å². The number of fused-ring (bicyclic) bond motifs is 3. The van der Waals surface area contributed by atoms with Crippen LogP contribution in [-0.4, -0.2) is 22.9 Å². The number of carbonyl (C=O) groups is 1. The molecule has 0 fully saturated rings. The maximum absolute atomic E-state index is 14.3. The first kappa shape index (κ1) is 21.9. The second-order valence-corrected chi connectivity index (χ2v) is 7.79. The smallest absolute Gasteiger partial charge is 0.232 e. The Balaban J connectivity index is 1.70. The van der Waals surface area contributed by atoms with Crippen molar-refractivity contribution in [2.45, 2.75) is 39.5 Å². The molecule has 0 N–H and O–H groups in total. The van der Waals surface area contributed by atoms with Gasteiger partial charge in [-0.3, -0.25) is 9.69 Å². The fraction of sp³-hybridized carbons (Fsp3) is 0.292. The van der Waals surface area contributed by atoms with E-state index in [0.717, 1.165) is 30.3 Å². The van der Waals surface area contributed by atoms with Gasteiger partial charge >= 0.3 is 0 Å². The van der Waals surface area contributed by atoms with E-state index < -0.39 is 46.7 Å². The summed E-state index contributed by atoms with van der Waals surface area (Å²) in [7, 11) is 1.46. The molecule has 0 saturated heterocycles. The van der Waals surface area contributed by atoms with Crippen LogP contribution in [0.15, 0.2) is 24.3 Å². The SMILES string of the molecule is CCc1nc2c(nc1N(C)C(=O)Cc1c(C)c(F)c(F)c(F)c1F)CCc1ccccc1-2. The third-order valence-corrected chi connectivity index (χ3v) is 5.90. The fourth-order valence-corrected chi connectivity index (χ4v) is 4.00. The van der Waals surface area contributed by atoms with Crippen molar-refractivity contribution in [2.75, 3.05) is 11.9 Å². The molecular weight excluding hydrogens is 422 g/mol. The zero-order chi connectivity index (χ0) is 23.2. The minimum absolute atomic E-state index is 0.316. The van der Waals surface area contributed by atoms with Crippen LogP contribution in [-0.2, 0) is 30.5 Å². The number of rotatable bonds is 4. The number of anilines is 1. The van der Waals surface area contributed by atoms with Gasteiger partial charge in [-0.2, -0.15) is 0 Å². The second kappa shape index (κ2) is 8.33. The van der Waals surface area contributed by atoms with Crippen molar-refractivity contribution in [1.29, 1.82) is 0 Å². The third-order valence-electron chi connectivity index (χ3n) is 5.90. The van der Waals surface area contributed by atoms with E-state index in [4.69, 9.17) is 4.98 Å². The summed E-state index contributed by atoms with van der Waals surface area (Å²) in [4.78, 5) is 23.6. The van der Waals surface area contributed by atoms with Gasteiger partial charge in [-0.1, -0.05) is 31.2 Å². The average molecular weight is 443 g/mol. The number of carbonyl (C=O) groups excluding carboxylic acids is 1. The zero-order valence-electron chi connectivity index (χ0n) is 17.9. The van der Waals surface area contributed by atoms with E-state index in [1.54, 1.807) is 0 Å². The summed E-state index contributed by atoms with van der Waals surface area (Å²) in [5.41, 5.74) is 3.33. The van der Waals surface area contributed by atoms with E-state index in [1.807, 2.05) is 31.2 Å². The lowest BCUT2D eigenvalue weighted by atomic mass is 9.91. The molecule has 3 aromatic rings. The monoisotopic (exact) mass is 443 g/mol. The molecule has 166 valence electrons. The Kier molecular flexibility index (Phi) is 5.71. The zero-order valence-corrected chi connectivity index (χ0v) is 17.9. The van der Waals surface area contributed by atoms with Gasteiger partial charge in [-0.25, -0.2) is 27.5 Å². The van der Waals surface area contributed by atoms with Crippen molar-refractivity contribution in [2.24, 2.45) is 0 Å². The third kappa shape index (κ3) is 3.53. The highest BCUT2D eigenvalue weighted by Crippen LogP contribution is 2.33.